The van der Waals surface area contributed by atoms with Crippen molar-refractivity contribution in [2.24, 2.45) is 45.6 Å². The molecule has 38 heavy (non-hydrogen) atoms. The largest absolute Gasteiger partial charge is 0.436 e. The zero-order valence-electron chi connectivity index (χ0n) is 24.0. The van der Waals surface area contributed by atoms with E-state index in [1.807, 2.05) is 13.0 Å². The maximum atomic E-state index is 12.9. The molecule has 3 saturated carbocycles. The molecule has 1 heterocycles. The molecule has 0 aromatic carbocycles. The van der Waals surface area contributed by atoms with E-state index in [9.17, 15) is 14.7 Å². The number of fused-ring (bicyclic) bond motifs is 5. The maximum Gasteiger partial charge on any atom is 0.436 e. The summed E-state index contributed by atoms with van der Waals surface area (Å²) >= 11 is 0. The van der Waals surface area contributed by atoms with Gasteiger partial charge in [-0.1, -0.05) is 31.5 Å². The van der Waals surface area contributed by atoms with Crippen LogP contribution in [-0.2, 0) is 9.63 Å². The lowest BCUT2D eigenvalue weighted by atomic mass is 9.46. The van der Waals surface area contributed by atoms with Crippen LogP contribution in [0.25, 0.3) is 0 Å². The number of amides is 1. The second-order valence-electron chi connectivity index (χ2n) is 13.7. The number of nitrogens with one attached hydrogen (secondary N) is 1. The predicted molar refractivity (Wildman–Crippen MR) is 149 cm³/mol. The third-order valence-electron chi connectivity index (χ3n) is 11.6. The van der Waals surface area contributed by atoms with Crippen molar-refractivity contribution in [3.05, 3.63) is 11.6 Å². The molecule has 5 aliphatic rings. The first kappa shape index (κ1) is 27.8. The molecule has 2 N–H and O–H groups in total. The van der Waals surface area contributed by atoms with Crippen LogP contribution >= 0.6 is 0 Å². The van der Waals surface area contributed by atoms with Gasteiger partial charge in [-0.3, -0.25) is 9.63 Å². The van der Waals surface area contributed by atoms with Crippen molar-refractivity contribution < 1.29 is 19.5 Å². The highest BCUT2D eigenvalue weighted by atomic mass is 16.7. The summed E-state index contributed by atoms with van der Waals surface area (Å²) in [5.41, 5.74) is 2.72. The Labute approximate surface area is 228 Å². The molecule has 8 atom stereocenters. The van der Waals surface area contributed by atoms with Crippen molar-refractivity contribution in [3.63, 3.8) is 0 Å². The zero-order valence-corrected chi connectivity index (χ0v) is 24.0. The minimum absolute atomic E-state index is 0.0821. The van der Waals surface area contributed by atoms with Gasteiger partial charge in [-0.05, 0) is 112 Å². The summed E-state index contributed by atoms with van der Waals surface area (Å²) in [4.78, 5) is 32.1. The van der Waals surface area contributed by atoms with E-state index in [0.29, 0.717) is 54.4 Å². The molecular weight excluding hydrogens is 478 g/mol. The summed E-state index contributed by atoms with van der Waals surface area (Å²) in [5, 5.41) is 17.4. The molecule has 1 aliphatic heterocycles. The number of aliphatic hydroxyl groups excluding tert-OH is 1. The Bertz CT molecular complexity index is 978. The minimum atomic E-state index is -0.459. The lowest BCUT2D eigenvalue weighted by Crippen LogP contribution is -2.51. The number of ketones is 1. The molecule has 7 heteroatoms. The van der Waals surface area contributed by atoms with E-state index < -0.39 is 6.09 Å². The first-order valence-corrected chi connectivity index (χ1v) is 15.2. The van der Waals surface area contributed by atoms with Crippen LogP contribution in [-0.4, -0.2) is 59.9 Å². The van der Waals surface area contributed by atoms with Gasteiger partial charge in [0.25, 0.3) is 0 Å². The molecule has 5 rings (SSSR count). The normalized spacial score (nSPS) is 40.7. The quantitative estimate of drug-likeness (QED) is 0.265. The monoisotopic (exact) mass is 527 g/mol. The number of allylic oxidation sites excluding steroid dienone is 1. The summed E-state index contributed by atoms with van der Waals surface area (Å²) in [6.07, 6.45) is 12.2. The van der Waals surface area contributed by atoms with Crippen LogP contribution in [0.15, 0.2) is 16.8 Å². The highest BCUT2D eigenvalue weighted by Crippen LogP contribution is 2.66. The molecule has 0 aromatic heterocycles. The van der Waals surface area contributed by atoms with Crippen LogP contribution in [0.3, 0.4) is 0 Å². The molecule has 0 radical (unpaired) electrons. The molecule has 7 nitrogen and oxygen atoms in total. The van der Waals surface area contributed by atoms with Gasteiger partial charge in [0, 0.05) is 31.5 Å². The van der Waals surface area contributed by atoms with Gasteiger partial charge in [-0.2, -0.15) is 0 Å². The third-order valence-corrected chi connectivity index (χ3v) is 11.6. The van der Waals surface area contributed by atoms with Crippen LogP contribution in [0, 0.1) is 40.4 Å². The van der Waals surface area contributed by atoms with Crippen LogP contribution < -0.4 is 5.32 Å². The zero-order chi connectivity index (χ0) is 27.1. The Balaban J connectivity index is 1.22. The Morgan fingerprint density at radius 3 is 2.71 bits per heavy atom. The SMILES string of the molecule is C/C(=N\OC(=O)N(CCO)CCC1CC(C)CN1)[C@H]1CC[C@H]2[C@@H]3CCC4=CC(=O)CC[C@]4(C)[C@H]3CC[C@]12C. The molecule has 1 saturated heterocycles. The van der Waals surface area contributed by atoms with Crippen LogP contribution in [0.1, 0.15) is 91.9 Å². The van der Waals surface area contributed by atoms with Crippen LogP contribution in [0.2, 0.25) is 0 Å². The molecule has 0 bridgehead atoms. The Hall–Kier alpha value is -1.73. The number of hydrogen-bond acceptors (Lipinski definition) is 6. The van der Waals surface area contributed by atoms with Gasteiger partial charge in [0.2, 0.25) is 0 Å². The van der Waals surface area contributed by atoms with Crippen LogP contribution in [0.4, 0.5) is 4.79 Å². The standard InChI is InChI=1S/C31H49N3O4/c1-20-17-23(32-19-20)11-14-34(15-16-35)29(37)38-33-21(2)26-7-8-27-25-6-5-22-18-24(36)9-12-30(22,3)28(25)10-13-31(26,27)4/h18,20,23,25-28,32,35H,5-17,19H2,1-4H3/b33-21+/t20?,23?,25-,26+,27-,28-,30-,31+/m0/s1. The number of nitrogens with zero attached hydrogens (tertiary/aromatic N) is 2. The van der Waals surface area contributed by atoms with Crippen molar-refractivity contribution in [1.82, 2.24) is 10.2 Å². The lowest BCUT2D eigenvalue weighted by molar-refractivity contribution is -0.117. The molecule has 4 aliphatic carbocycles. The van der Waals surface area contributed by atoms with E-state index in [4.69, 9.17) is 4.84 Å². The van der Waals surface area contributed by atoms with Crippen molar-refractivity contribution in [3.8, 4) is 0 Å². The second-order valence-corrected chi connectivity index (χ2v) is 13.7. The molecule has 1 amide bonds. The fraction of sp³-hybridized carbons (Fsp3) is 0.839. The second kappa shape index (κ2) is 11.0. The topological polar surface area (TPSA) is 91.2 Å². The van der Waals surface area contributed by atoms with E-state index in [0.717, 1.165) is 44.4 Å². The molecule has 2 unspecified atom stereocenters. The van der Waals surface area contributed by atoms with Gasteiger partial charge >= 0.3 is 6.09 Å². The van der Waals surface area contributed by atoms with E-state index >= 15 is 0 Å². The van der Waals surface area contributed by atoms with Gasteiger partial charge in [0.05, 0.1) is 12.3 Å². The smallest absolute Gasteiger partial charge is 0.395 e. The highest BCUT2D eigenvalue weighted by molar-refractivity contribution is 5.91. The first-order chi connectivity index (χ1) is 18.2. The average Bonchev–Trinajstić information content (AvgIpc) is 3.47. The molecule has 4 fully saturated rings. The summed E-state index contributed by atoms with van der Waals surface area (Å²) in [5.74, 6) is 3.35. The van der Waals surface area contributed by atoms with E-state index in [-0.39, 0.29) is 24.0 Å². The summed E-state index contributed by atoms with van der Waals surface area (Å²) < 4.78 is 0. The Morgan fingerprint density at radius 2 is 1.97 bits per heavy atom. The maximum absolute atomic E-state index is 12.9. The van der Waals surface area contributed by atoms with E-state index in [2.05, 4.69) is 31.2 Å². The average molecular weight is 528 g/mol. The summed E-state index contributed by atoms with van der Waals surface area (Å²) in [7, 11) is 0. The van der Waals surface area contributed by atoms with E-state index in [1.54, 1.807) is 4.90 Å². The van der Waals surface area contributed by atoms with Crippen molar-refractivity contribution >= 4 is 17.6 Å². The number of aliphatic hydroxyl groups is 1. The fourth-order valence-corrected chi connectivity index (χ4v) is 9.44. The number of carbonyl (C=O) groups excluding carboxylic acids is 2. The van der Waals surface area contributed by atoms with Gasteiger partial charge in [-0.15, -0.1) is 0 Å². The lowest BCUT2D eigenvalue weighted by Gasteiger charge is -2.58. The predicted octanol–water partition coefficient (Wildman–Crippen LogP) is 5.33. The summed E-state index contributed by atoms with van der Waals surface area (Å²) in [6, 6.07) is 0.414. The molecule has 212 valence electrons. The summed E-state index contributed by atoms with van der Waals surface area (Å²) in [6.45, 7) is 10.9. The highest BCUT2D eigenvalue weighted by Gasteiger charge is 2.59. The van der Waals surface area contributed by atoms with Gasteiger partial charge < -0.3 is 15.3 Å². The number of rotatable bonds is 7. The number of hydrogen-bond donors (Lipinski definition) is 2. The van der Waals surface area contributed by atoms with Crippen molar-refractivity contribution in [2.45, 2.75) is 97.9 Å². The molecule has 0 spiro atoms. The van der Waals surface area contributed by atoms with Gasteiger partial charge in [0.1, 0.15) is 0 Å². The third kappa shape index (κ3) is 5.10. The Morgan fingerprint density at radius 1 is 1.16 bits per heavy atom. The molecular formula is C31H49N3O4. The fourth-order valence-electron chi connectivity index (χ4n) is 9.44. The van der Waals surface area contributed by atoms with Crippen LogP contribution in [0.5, 0.6) is 0 Å². The van der Waals surface area contributed by atoms with E-state index in [1.165, 1.54) is 31.3 Å². The van der Waals surface area contributed by atoms with Gasteiger partial charge in [-0.25, -0.2) is 4.79 Å². The molecule has 0 aromatic rings. The van der Waals surface area contributed by atoms with Crippen molar-refractivity contribution in [1.29, 1.82) is 0 Å². The van der Waals surface area contributed by atoms with Crippen molar-refractivity contribution in [2.75, 3.05) is 26.2 Å². The van der Waals surface area contributed by atoms with Gasteiger partial charge in [0.15, 0.2) is 5.78 Å². The number of carbonyl (C=O) groups is 2. The Kier molecular flexibility index (Phi) is 8.08. The minimum Gasteiger partial charge on any atom is -0.395 e. The number of oxime groups is 1. The first-order valence-electron chi connectivity index (χ1n) is 15.2.